The topological polar surface area (TPSA) is 63.7 Å². The van der Waals surface area contributed by atoms with Gasteiger partial charge in [-0.25, -0.2) is 8.42 Å². The van der Waals surface area contributed by atoms with E-state index in [2.05, 4.69) is 0 Å². The van der Waals surface area contributed by atoms with Crippen LogP contribution in [0.3, 0.4) is 0 Å². The molecule has 2 heterocycles. The summed E-state index contributed by atoms with van der Waals surface area (Å²) in [5.74, 6) is 0.852. The summed E-state index contributed by atoms with van der Waals surface area (Å²) in [6, 6.07) is 0. The van der Waals surface area contributed by atoms with Gasteiger partial charge in [-0.1, -0.05) is 0 Å². The Labute approximate surface area is 127 Å². The lowest BCUT2D eigenvalue weighted by atomic mass is 10.0. The van der Waals surface area contributed by atoms with Crippen molar-refractivity contribution < 1.29 is 17.9 Å². The number of carbonyl (C=O) groups excluding carboxylic acids is 1. The molecule has 122 valence electrons. The van der Waals surface area contributed by atoms with E-state index in [1.807, 2.05) is 7.05 Å². The normalized spacial score (nSPS) is 28.4. The molecular weight excluding hydrogens is 290 g/mol. The zero-order valence-electron chi connectivity index (χ0n) is 12.9. The first kappa shape index (κ1) is 16.7. The predicted molar refractivity (Wildman–Crippen MR) is 81.8 cm³/mol. The lowest BCUT2D eigenvalue weighted by Crippen LogP contribution is -2.31. The van der Waals surface area contributed by atoms with Gasteiger partial charge in [0.2, 0.25) is 5.91 Å². The number of hydrogen-bond acceptors (Lipinski definition) is 4. The van der Waals surface area contributed by atoms with E-state index in [4.69, 9.17) is 4.74 Å². The van der Waals surface area contributed by atoms with Crippen molar-refractivity contribution in [2.45, 2.75) is 51.0 Å². The molecule has 2 saturated heterocycles. The molecule has 2 fully saturated rings. The van der Waals surface area contributed by atoms with Gasteiger partial charge in [-0.15, -0.1) is 0 Å². The van der Waals surface area contributed by atoms with Gasteiger partial charge in [0.05, 0.1) is 17.6 Å². The molecule has 0 N–H and O–H groups in total. The van der Waals surface area contributed by atoms with Gasteiger partial charge < -0.3 is 9.64 Å². The molecule has 2 aliphatic rings. The van der Waals surface area contributed by atoms with Crippen LogP contribution in [0, 0.1) is 5.92 Å². The fourth-order valence-corrected chi connectivity index (χ4v) is 5.03. The van der Waals surface area contributed by atoms with E-state index in [0.29, 0.717) is 24.7 Å². The molecule has 0 spiro atoms. The quantitative estimate of drug-likeness (QED) is 0.747. The van der Waals surface area contributed by atoms with Crippen LogP contribution in [0.1, 0.15) is 44.9 Å². The molecule has 2 aliphatic heterocycles. The summed E-state index contributed by atoms with van der Waals surface area (Å²) in [6.07, 6.45) is 6.55. The second-order valence-electron chi connectivity index (χ2n) is 6.40. The Morgan fingerprint density at radius 1 is 1.24 bits per heavy atom. The van der Waals surface area contributed by atoms with Crippen LogP contribution in [0.15, 0.2) is 0 Å². The van der Waals surface area contributed by atoms with Crippen LogP contribution in [-0.4, -0.2) is 57.0 Å². The molecule has 6 heteroatoms. The number of carbonyl (C=O) groups is 1. The Morgan fingerprint density at radius 2 is 2.05 bits per heavy atom. The summed E-state index contributed by atoms with van der Waals surface area (Å²) < 4.78 is 28.4. The average Bonchev–Trinajstić information content (AvgIpc) is 2.82. The SMILES string of the molecule is CN(CCC1CCCCO1)C(=O)CCC1CCS(=O)(=O)C1. The van der Waals surface area contributed by atoms with Gasteiger partial charge in [0.15, 0.2) is 9.84 Å². The second kappa shape index (κ2) is 7.58. The molecule has 0 aromatic heterocycles. The van der Waals surface area contributed by atoms with Crippen molar-refractivity contribution in [3.63, 3.8) is 0 Å². The van der Waals surface area contributed by atoms with Gasteiger partial charge in [-0.05, 0) is 44.4 Å². The zero-order valence-corrected chi connectivity index (χ0v) is 13.7. The summed E-state index contributed by atoms with van der Waals surface area (Å²) >= 11 is 0. The third kappa shape index (κ3) is 5.58. The second-order valence-corrected chi connectivity index (χ2v) is 8.63. The molecule has 0 aromatic carbocycles. The van der Waals surface area contributed by atoms with Crippen molar-refractivity contribution >= 4 is 15.7 Å². The maximum absolute atomic E-state index is 12.1. The lowest BCUT2D eigenvalue weighted by molar-refractivity contribution is -0.130. The maximum atomic E-state index is 12.1. The number of amides is 1. The van der Waals surface area contributed by atoms with Crippen LogP contribution >= 0.6 is 0 Å². The molecule has 1 amide bonds. The van der Waals surface area contributed by atoms with E-state index < -0.39 is 9.84 Å². The van der Waals surface area contributed by atoms with E-state index in [0.717, 1.165) is 38.8 Å². The summed E-state index contributed by atoms with van der Waals surface area (Å²) in [4.78, 5) is 13.8. The molecule has 2 unspecified atom stereocenters. The largest absolute Gasteiger partial charge is 0.378 e. The van der Waals surface area contributed by atoms with Gasteiger partial charge in [0.25, 0.3) is 0 Å². The van der Waals surface area contributed by atoms with Crippen LogP contribution in [0.2, 0.25) is 0 Å². The standard InChI is InChI=1S/C15H27NO4S/c1-16(9-7-14-4-2-3-10-20-14)15(17)6-5-13-8-11-21(18,19)12-13/h13-14H,2-12H2,1H3. The fourth-order valence-electron chi connectivity index (χ4n) is 3.12. The Hall–Kier alpha value is -0.620. The van der Waals surface area contributed by atoms with Gasteiger partial charge in [-0.3, -0.25) is 4.79 Å². The zero-order chi connectivity index (χ0) is 15.3. The van der Waals surface area contributed by atoms with Crippen LogP contribution in [0.5, 0.6) is 0 Å². The van der Waals surface area contributed by atoms with E-state index in [1.54, 1.807) is 4.90 Å². The van der Waals surface area contributed by atoms with Crippen molar-refractivity contribution in [1.82, 2.24) is 4.90 Å². The Bertz CT molecular complexity index is 443. The smallest absolute Gasteiger partial charge is 0.222 e. The van der Waals surface area contributed by atoms with E-state index in [-0.39, 0.29) is 17.6 Å². The number of nitrogens with zero attached hydrogens (tertiary/aromatic N) is 1. The average molecular weight is 317 g/mol. The van der Waals surface area contributed by atoms with Crippen molar-refractivity contribution in [3.8, 4) is 0 Å². The molecule has 5 nitrogen and oxygen atoms in total. The number of hydrogen-bond donors (Lipinski definition) is 0. The van der Waals surface area contributed by atoms with E-state index >= 15 is 0 Å². The minimum absolute atomic E-state index is 0.120. The Balaban J connectivity index is 1.63. The molecule has 0 bridgehead atoms. The fraction of sp³-hybridized carbons (Fsp3) is 0.933. The molecule has 0 aliphatic carbocycles. The van der Waals surface area contributed by atoms with Gasteiger partial charge in [0.1, 0.15) is 0 Å². The highest BCUT2D eigenvalue weighted by Gasteiger charge is 2.28. The van der Waals surface area contributed by atoms with Crippen molar-refractivity contribution in [1.29, 1.82) is 0 Å². The summed E-state index contributed by atoms with van der Waals surface area (Å²) in [6.45, 7) is 1.57. The highest BCUT2D eigenvalue weighted by atomic mass is 32.2. The van der Waals surface area contributed by atoms with Crippen LogP contribution in [0.25, 0.3) is 0 Å². The summed E-state index contributed by atoms with van der Waals surface area (Å²) in [7, 11) is -1.000. The third-order valence-corrected chi connectivity index (χ3v) is 6.42. The van der Waals surface area contributed by atoms with E-state index in [1.165, 1.54) is 6.42 Å². The molecule has 2 rings (SSSR count). The summed E-state index contributed by atoms with van der Waals surface area (Å²) in [5.41, 5.74) is 0. The molecule has 0 aromatic rings. The maximum Gasteiger partial charge on any atom is 0.222 e. The first-order valence-corrected chi connectivity index (χ1v) is 9.84. The van der Waals surface area contributed by atoms with Gasteiger partial charge >= 0.3 is 0 Å². The minimum atomic E-state index is -2.83. The number of rotatable bonds is 6. The van der Waals surface area contributed by atoms with Crippen molar-refractivity contribution in [2.75, 3.05) is 31.7 Å². The molecule has 2 atom stereocenters. The third-order valence-electron chi connectivity index (χ3n) is 4.58. The molecular formula is C15H27NO4S. The van der Waals surface area contributed by atoms with Crippen LogP contribution in [-0.2, 0) is 19.4 Å². The predicted octanol–water partition coefficient (Wildman–Crippen LogP) is 1.62. The summed E-state index contributed by atoms with van der Waals surface area (Å²) in [5, 5.41) is 0. The highest BCUT2D eigenvalue weighted by molar-refractivity contribution is 7.91. The lowest BCUT2D eigenvalue weighted by Gasteiger charge is -2.25. The monoisotopic (exact) mass is 317 g/mol. The van der Waals surface area contributed by atoms with Gasteiger partial charge in [0, 0.05) is 26.6 Å². The molecule has 21 heavy (non-hydrogen) atoms. The first-order chi connectivity index (χ1) is 9.96. The van der Waals surface area contributed by atoms with Crippen LogP contribution < -0.4 is 0 Å². The Morgan fingerprint density at radius 3 is 2.67 bits per heavy atom. The van der Waals surface area contributed by atoms with E-state index in [9.17, 15) is 13.2 Å². The number of sulfone groups is 1. The van der Waals surface area contributed by atoms with Gasteiger partial charge in [-0.2, -0.15) is 0 Å². The molecule has 0 saturated carbocycles. The van der Waals surface area contributed by atoms with Crippen LogP contribution in [0.4, 0.5) is 0 Å². The minimum Gasteiger partial charge on any atom is -0.378 e. The number of ether oxygens (including phenoxy) is 1. The Kier molecular flexibility index (Phi) is 6.05. The first-order valence-electron chi connectivity index (χ1n) is 8.02. The molecule has 0 radical (unpaired) electrons. The highest BCUT2D eigenvalue weighted by Crippen LogP contribution is 2.23. The van der Waals surface area contributed by atoms with Crippen molar-refractivity contribution in [3.05, 3.63) is 0 Å². The van der Waals surface area contributed by atoms with Crippen molar-refractivity contribution in [2.24, 2.45) is 5.92 Å².